The molecule has 84 valence electrons. The van der Waals surface area contributed by atoms with Crippen LogP contribution >= 0.6 is 15.9 Å². The Bertz CT molecular complexity index is 477. The van der Waals surface area contributed by atoms with Crippen LogP contribution in [0, 0.1) is 5.92 Å². The van der Waals surface area contributed by atoms with E-state index in [1.54, 1.807) is 6.33 Å². The third kappa shape index (κ3) is 2.50. The van der Waals surface area contributed by atoms with E-state index in [1.165, 1.54) is 0 Å². The van der Waals surface area contributed by atoms with E-state index in [9.17, 15) is 0 Å². The second-order valence-electron chi connectivity index (χ2n) is 4.21. The van der Waals surface area contributed by atoms with Crippen molar-refractivity contribution in [3.8, 4) is 11.4 Å². The summed E-state index contributed by atoms with van der Waals surface area (Å²) in [5.41, 5.74) is 1.09. The fraction of sp³-hybridized carbons (Fsp3) is 0.333. The Kier molecular flexibility index (Phi) is 3.39. The van der Waals surface area contributed by atoms with Crippen LogP contribution in [0.1, 0.15) is 13.8 Å². The summed E-state index contributed by atoms with van der Waals surface area (Å²) in [4.78, 5) is 0. The van der Waals surface area contributed by atoms with Gasteiger partial charge in [-0.25, -0.2) is 0 Å². The Labute approximate surface area is 104 Å². The number of hydrogen-bond acceptors (Lipinski definition) is 2. The largest absolute Gasteiger partial charge is 0.313 e. The molecule has 0 saturated carbocycles. The maximum Gasteiger partial charge on any atom is 0.163 e. The lowest BCUT2D eigenvalue weighted by Crippen LogP contribution is -2.05. The number of hydrogen-bond donors (Lipinski definition) is 0. The molecule has 0 aliphatic carbocycles. The first kappa shape index (κ1) is 11.3. The minimum atomic E-state index is 0.585. The molecule has 1 heterocycles. The Morgan fingerprint density at radius 1 is 1.38 bits per heavy atom. The van der Waals surface area contributed by atoms with Gasteiger partial charge < -0.3 is 4.57 Å². The molecule has 0 bridgehead atoms. The van der Waals surface area contributed by atoms with Gasteiger partial charge in [-0.1, -0.05) is 41.9 Å². The number of halogens is 1. The smallest absolute Gasteiger partial charge is 0.163 e. The molecular weight excluding hydrogens is 266 g/mol. The van der Waals surface area contributed by atoms with Crippen LogP contribution in [0.4, 0.5) is 0 Å². The van der Waals surface area contributed by atoms with E-state index >= 15 is 0 Å². The molecule has 0 atom stereocenters. The Morgan fingerprint density at radius 3 is 2.88 bits per heavy atom. The van der Waals surface area contributed by atoms with Gasteiger partial charge in [-0.3, -0.25) is 0 Å². The molecule has 0 amide bonds. The summed E-state index contributed by atoms with van der Waals surface area (Å²) in [6, 6.07) is 8.12. The summed E-state index contributed by atoms with van der Waals surface area (Å²) in [5, 5.41) is 8.15. The summed E-state index contributed by atoms with van der Waals surface area (Å²) in [6.07, 6.45) is 1.79. The first-order valence-electron chi connectivity index (χ1n) is 5.30. The van der Waals surface area contributed by atoms with E-state index in [4.69, 9.17) is 0 Å². The van der Waals surface area contributed by atoms with Gasteiger partial charge in [0.05, 0.1) is 0 Å². The zero-order chi connectivity index (χ0) is 11.5. The van der Waals surface area contributed by atoms with Crippen molar-refractivity contribution in [1.82, 2.24) is 14.8 Å². The van der Waals surface area contributed by atoms with Crippen LogP contribution in [0.25, 0.3) is 11.4 Å². The van der Waals surface area contributed by atoms with Gasteiger partial charge in [0, 0.05) is 16.6 Å². The maximum atomic E-state index is 4.17. The van der Waals surface area contributed by atoms with Crippen molar-refractivity contribution in [2.45, 2.75) is 20.4 Å². The Hall–Kier alpha value is -1.16. The third-order valence-electron chi connectivity index (χ3n) is 2.26. The van der Waals surface area contributed by atoms with Gasteiger partial charge in [-0.05, 0) is 18.1 Å². The van der Waals surface area contributed by atoms with Gasteiger partial charge >= 0.3 is 0 Å². The molecule has 16 heavy (non-hydrogen) atoms. The van der Waals surface area contributed by atoms with Crippen LogP contribution in [0.15, 0.2) is 35.1 Å². The molecule has 0 unspecified atom stereocenters. The first-order valence-corrected chi connectivity index (χ1v) is 6.10. The summed E-state index contributed by atoms with van der Waals surface area (Å²) < 4.78 is 3.15. The fourth-order valence-electron chi connectivity index (χ4n) is 1.63. The van der Waals surface area contributed by atoms with E-state index in [0.717, 1.165) is 22.4 Å². The normalized spacial score (nSPS) is 11.0. The monoisotopic (exact) mass is 279 g/mol. The van der Waals surface area contributed by atoms with Gasteiger partial charge in [-0.2, -0.15) is 0 Å². The van der Waals surface area contributed by atoms with Crippen LogP contribution in [-0.2, 0) is 6.54 Å². The number of benzene rings is 1. The van der Waals surface area contributed by atoms with Crippen molar-refractivity contribution in [2.75, 3.05) is 0 Å². The first-order chi connectivity index (χ1) is 7.66. The van der Waals surface area contributed by atoms with E-state index in [1.807, 2.05) is 18.2 Å². The maximum absolute atomic E-state index is 4.17. The van der Waals surface area contributed by atoms with Crippen LogP contribution < -0.4 is 0 Å². The number of nitrogens with zero attached hydrogens (tertiary/aromatic N) is 3. The van der Waals surface area contributed by atoms with Crippen LogP contribution in [0.2, 0.25) is 0 Å². The number of aromatic nitrogens is 3. The lowest BCUT2D eigenvalue weighted by molar-refractivity contribution is 0.525. The van der Waals surface area contributed by atoms with Crippen molar-refractivity contribution >= 4 is 15.9 Å². The van der Waals surface area contributed by atoms with Crippen molar-refractivity contribution in [2.24, 2.45) is 5.92 Å². The molecule has 1 aromatic carbocycles. The zero-order valence-corrected chi connectivity index (χ0v) is 11.0. The molecule has 0 aliphatic rings. The predicted molar refractivity (Wildman–Crippen MR) is 68.0 cm³/mol. The van der Waals surface area contributed by atoms with Crippen molar-refractivity contribution in [3.63, 3.8) is 0 Å². The second kappa shape index (κ2) is 4.78. The van der Waals surface area contributed by atoms with Crippen LogP contribution in [-0.4, -0.2) is 14.8 Å². The molecule has 0 saturated heterocycles. The lowest BCUT2D eigenvalue weighted by atomic mass is 10.2. The minimum Gasteiger partial charge on any atom is -0.313 e. The highest BCUT2D eigenvalue weighted by molar-refractivity contribution is 9.10. The zero-order valence-electron chi connectivity index (χ0n) is 9.39. The average Bonchev–Trinajstić information content (AvgIpc) is 2.65. The topological polar surface area (TPSA) is 30.7 Å². The second-order valence-corrected chi connectivity index (χ2v) is 5.13. The molecular formula is C12H14BrN3. The molecule has 0 N–H and O–H groups in total. The summed E-state index contributed by atoms with van der Waals surface area (Å²) in [5.74, 6) is 1.51. The van der Waals surface area contributed by atoms with Gasteiger partial charge in [-0.15, -0.1) is 10.2 Å². The van der Waals surface area contributed by atoms with E-state index < -0.39 is 0 Å². The van der Waals surface area contributed by atoms with Gasteiger partial charge in [0.15, 0.2) is 5.82 Å². The van der Waals surface area contributed by atoms with Crippen molar-refractivity contribution in [3.05, 3.63) is 35.1 Å². The highest BCUT2D eigenvalue weighted by Gasteiger charge is 2.08. The van der Waals surface area contributed by atoms with Gasteiger partial charge in [0.1, 0.15) is 6.33 Å². The minimum absolute atomic E-state index is 0.585. The van der Waals surface area contributed by atoms with Crippen molar-refractivity contribution in [1.29, 1.82) is 0 Å². The predicted octanol–water partition coefficient (Wildman–Crippen LogP) is 3.36. The number of rotatable bonds is 3. The highest BCUT2D eigenvalue weighted by atomic mass is 79.9. The van der Waals surface area contributed by atoms with E-state index in [0.29, 0.717) is 5.92 Å². The van der Waals surface area contributed by atoms with Crippen molar-refractivity contribution < 1.29 is 0 Å². The SMILES string of the molecule is CC(C)Cn1cnnc1-c1cccc(Br)c1. The fourth-order valence-corrected chi connectivity index (χ4v) is 2.03. The molecule has 3 nitrogen and oxygen atoms in total. The average molecular weight is 280 g/mol. The van der Waals surface area contributed by atoms with E-state index in [2.05, 4.69) is 50.6 Å². The quantitative estimate of drug-likeness (QED) is 0.863. The summed E-state index contributed by atoms with van der Waals surface area (Å²) in [7, 11) is 0. The molecule has 2 rings (SSSR count). The van der Waals surface area contributed by atoms with Gasteiger partial charge in [0.2, 0.25) is 0 Å². The van der Waals surface area contributed by atoms with E-state index in [-0.39, 0.29) is 0 Å². The molecule has 1 aromatic heterocycles. The Balaban J connectivity index is 2.37. The standard InChI is InChI=1S/C12H14BrN3/c1-9(2)7-16-8-14-15-12(16)10-4-3-5-11(13)6-10/h3-6,8-9H,7H2,1-2H3. The molecule has 0 radical (unpaired) electrons. The lowest BCUT2D eigenvalue weighted by Gasteiger charge is -2.09. The molecule has 0 spiro atoms. The Morgan fingerprint density at radius 2 is 2.19 bits per heavy atom. The summed E-state index contributed by atoms with van der Waals surface area (Å²) >= 11 is 3.47. The third-order valence-corrected chi connectivity index (χ3v) is 2.75. The molecule has 0 aliphatic heterocycles. The van der Waals surface area contributed by atoms with Crippen LogP contribution in [0.3, 0.4) is 0 Å². The van der Waals surface area contributed by atoms with Crippen LogP contribution in [0.5, 0.6) is 0 Å². The van der Waals surface area contributed by atoms with Gasteiger partial charge in [0.25, 0.3) is 0 Å². The molecule has 4 heteroatoms. The highest BCUT2D eigenvalue weighted by Crippen LogP contribution is 2.21. The molecule has 0 fully saturated rings. The molecule has 2 aromatic rings. The summed E-state index contributed by atoms with van der Waals surface area (Å²) in [6.45, 7) is 5.31.